The van der Waals surface area contributed by atoms with Crippen molar-refractivity contribution in [3.63, 3.8) is 0 Å². The molecular weight excluding hydrogens is 358 g/mol. The topological polar surface area (TPSA) is 86.0 Å². The van der Waals surface area contributed by atoms with Crippen molar-refractivity contribution in [2.45, 2.75) is 32.5 Å². The van der Waals surface area contributed by atoms with Crippen LogP contribution in [-0.4, -0.2) is 47.0 Å². The summed E-state index contributed by atoms with van der Waals surface area (Å²) in [6, 6.07) is 11.6. The van der Waals surface area contributed by atoms with Crippen molar-refractivity contribution in [1.29, 1.82) is 0 Å². The number of piperidine rings is 1. The quantitative estimate of drug-likeness (QED) is 0.765. The number of hydrogen-bond donors (Lipinski definition) is 2. The number of nitrogens with zero attached hydrogens (tertiary/aromatic N) is 2. The summed E-state index contributed by atoms with van der Waals surface area (Å²) in [6.07, 6.45) is 3.02. The number of carboxylic acids is 1. The maximum absolute atomic E-state index is 12.5. The normalized spacial score (nSPS) is 16.9. The molecule has 2 heterocycles. The molecule has 0 bridgehead atoms. The van der Waals surface area contributed by atoms with Gasteiger partial charge in [-0.15, -0.1) is 0 Å². The Bertz CT molecular complexity index is 791. The fraction of sp³-hybridized carbons (Fsp3) is 0.429. The van der Waals surface area contributed by atoms with Crippen LogP contribution in [0.3, 0.4) is 0 Å². The van der Waals surface area contributed by atoms with E-state index >= 15 is 0 Å². The Morgan fingerprint density at radius 1 is 1.21 bits per heavy atom. The van der Waals surface area contributed by atoms with Crippen LogP contribution < -0.4 is 5.32 Å². The zero-order valence-corrected chi connectivity index (χ0v) is 16.1. The van der Waals surface area contributed by atoms with Crippen LogP contribution in [-0.2, 0) is 24.4 Å². The summed E-state index contributed by atoms with van der Waals surface area (Å²) < 4.78 is 5.40. The van der Waals surface area contributed by atoms with Crippen LogP contribution in [0.25, 0.3) is 0 Å². The molecule has 1 aromatic carbocycles. The number of likely N-dealkylation sites (tertiary alicyclic amines) is 1. The Kier molecular flexibility index (Phi) is 6.71. The number of hydrogen-bond acceptors (Lipinski definition) is 4. The van der Waals surface area contributed by atoms with Gasteiger partial charge in [0.25, 0.3) is 0 Å². The summed E-state index contributed by atoms with van der Waals surface area (Å²) in [7, 11) is 2.03. The molecule has 0 aliphatic carbocycles. The average molecular weight is 385 g/mol. The Morgan fingerprint density at radius 3 is 2.71 bits per heavy atom. The molecule has 1 fully saturated rings. The molecule has 0 radical (unpaired) electrons. The zero-order valence-electron chi connectivity index (χ0n) is 16.1. The van der Waals surface area contributed by atoms with Gasteiger partial charge in [-0.1, -0.05) is 24.3 Å². The Labute approximate surface area is 164 Å². The molecule has 150 valence electrons. The van der Waals surface area contributed by atoms with Gasteiger partial charge >= 0.3 is 12.0 Å². The first-order valence-corrected chi connectivity index (χ1v) is 9.56. The number of aliphatic carboxylic acids is 1. The summed E-state index contributed by atoms with van der Waals surface area (Å²) in [6.45, 7) is 2.73. The first-order chi connectivity index (χ1) is 13.5. The van der Waals surface area contributed by atoms with Gasteiger partial charge in [-0.05, 0) is 43.1 Å². The second kappa shape index (κ2) is 9.41. The maximum Gasteiger partial charge on any atom is 0.317 e. The number of carbonyl (C=O) groups is 2. The van der Waals surface area contributed by atoms with Gasteiger partial charge < -0.3 is 19.7 Å². The second-order valence-corrected chi connectivity index (χ2v) is 7.30. The molecule has 7 heteroatoms. The number of carboxylic acid groups (broad SMARTS) is 1. The molecule has 2 N–H and O–H groups in total. The molecule has 1 aliphatic heterocycles. The maximum atomic E-state index is 12.5. The van der Waals surface area contributed by atoms with Crippen LogP contribution in [0.15, 0.2) is 47.1 Å². The predicted octanol–water partition coefficient (Wildman–Crippen LogP) is 2.92. The Hall–Kier alpha value is -2.80. The van der Waals surface area contributed by atoms with Gasteiger partial charge in [0.1, 0.15) is 5.76 Å². The van der Waals surface area contributed by atoms with Gasteiger partial charge in [0, 0.05) is 26.2 Å². The highest BCUT2D eigenvalue weighted by Gasteiger charge is 2.28. The lowest BCUT2D eigenvalue weighted by Crippen LogP contribution is -2.46. The number of carbonyl (C=O) groups excluding carboxylic acids is 1. The van der Waals surface area contributed by atoms with Gasteiger partial charge in [-0.25, -0.2) is 4.79 Å². The third-order valence-corrected chi connectivity index (χ3v) is 5.05. The molecule has 7 nitrogen and oxygen atoms in total. The summed E-state index contributed by atoms with van der Waals surface area (Å²) in [4.78, 5) is 27.4. The largest absolute Gasteiger partial charge is 0.481 e. The molecule has 0 spiro atoms. The summed E-state index contributed by atoms with van der Waals surface area (Å²) >= 11 is 0. The van der Waals surface area contributed by atoms with Crippen LogP contribution in [0.2, 0.25) is 0 Å². The first-order valence-electron chi connectivity index (χ1n) is 9.56. The monoisotopic (exact) mass is 385 g/mol. The standard InChI is InChI=1S/C21H27N3O4/c1-23(15-19-9-5-11-28-19)13-17-7-3-2-6-16(17)12-22-21(27)24-10-4-8-18(14-24)20(25)26/h2-3,5-7,9,11,18H,4,8,10,12-15H2,1H3,(H,22,27)(H,25,26). The second-order valence-electron chi connectivity index (χ2n) is 7.30. The van der Waals surface area contributed by atoms with E-state index in [1.807, 2.05) is 37.4 Å². The molecule has 2 aromatic rings. The van der Waals surface area contributed by atoms with E-state index < -0.39 is 11.9 Å². The Balaban J connectivity index is 1.55. The van der Waals surface area contributed by atoms with Gasteiger partial charge in [0.2, 0.25) is 0 Å². The fourth-order valence-corrected chi connectivity index (χ4v) is 3.55. The van der Waals surface area contributed by atoms with Crippen molar-refractivity contribution in [2.24, 2.45) is 5.92 Å². The predicted molar refractivity (Wildman–Crippen MR) is 104 cm³/mol. The van der Waals surface area contributed by atoms with Crippen molar-refractivity contribution in [1.82, 2.24) is 15.1 Å². The van der Waals surface area contributed by atoms with E-state index in [9.17, 15) is 14.7 Å². The smallest absolute Gasteiger partial charge is 0.317 e. The lowest BCUT2D eigenvalue weighted by molar-refractivity contribution is -0.143. The molecule has 1 aliphatic rings. The van der Waals surface area contributed by atoms with E-state index in [1.54, 1.807) is 11.2 Å². The molecular formula is C21H27N3O4. The number of benzene rings is 1. The highest BCUT2D eigenvalue weighted by Crippen LogP contribution is 2.17. The molecule has 2 amide bonds. The van der Waals surface area contributed by atoms with Crippen molar-refractivity contribution >= 4 is 12.0 Å². The highest BCUT2D eigenvalue weighted by atomic mass is 16.4. The lowest BCUT2D eigenvalue weighted by atomic mass is 9.99. The minimum Gasteiger partial charge on any atom is -0.481 e. The van der Waals surface area contributed by atoms with Crippen LogP contribution in [0.5, 0.6) is 0 Å². The van der Waals surface area contributed by atoms with Gasteiger partial charge in [0.05, 0.1) is 18.7 Å². The summed E-state index contributed by atoms with van der Waals surface area (Å²) in [5.41, 5.74) is 2.19. The summed E-state index contributed by atoms with van der Waals surface area (Å²) in [5.74, 6) is -0.393. The van der Waals surface area contributed by atoms with Crippen molar-refractivity contribution in [3.05, 3.63) is 59.5 Å². The van der Waals surface area contributed by atoms with Crippen molar-refractivity contribution < 1.29 is 19.1 Å². The van der Waals surface area contributed by atoms with Gasteiger partial charge in [0.15, 0.2) is 0 Å². The third kappa shape index (κ3) is 5.36. The SMILES string of the molecule is CN(Cc1ccco1)Cc1ccccc1CNC(=O)N1CCCC(C(=O)O)C1. The van der Waals surface area contributed by atoms with Crippen LogP contribution in [0, 0.1) is 5.92 Å². The fourth-order valence-electron chi connectivity index (χ4n) is 3.55. The van der Waals surface area contributed by atoms with E-state index in [-0.39, 0.29) is 12.6 Å². The number of urea groups is 1. The third-order valence-electron chi connectivity index (χ3n) is 5.05. The van der Waals surface area contributed by atoms with E-state index in [4.69, 9.17) is 4.42 Å². The molecule has 3 rings (SSSR count). The van der Waals surface area contributed by atoms with E-state index in [1.165, 1.54) is 0 Å². The van der Waals surface area contributed by atoms with Gasteiger partial charge in [-0.2, -0.15) is 0 Å². The first kappa shape index (κ1) is 19.9. The van der Waals surface area contributed by atoms with E-state index in [0.717, 1.165) is 29.9 Å². The van der Waals surface area contributed by atoms with Crippen molar-refractivity contribution in [2.75, 3.05) is 20.1 Å². The molecule has 1 aromatic heterocycles. The molecule has 1 atom stereocenters. The lowest BCUT2D eigenvalue weighted by Gasteiger charge is -2.30. The molecule has 28 heavy (non-hydrogen) atoms. The minimum absolute atomic E-state index is 0.204. The summed E-state index contributed by atoms with van der Waals surface area (Å²) in [5, 5.41) is 12.1. The number of amides is 2. The number of nitrogens with one attached hydrogen (secondary N) is 1. The Morgan fingerprint density at radius 2 is 2.00 bits per heavy atom. The number of rotatable bonds is 7. The van der Waals surface area contributed by atoms with E-state index in [0.29, 0.717) is 26.1 Å². The average Bonchev–Trinajstić information content (AvgIpc) is 3.20. The molecule has 0 saturated carbocycles. The van der Waals surface area contributed by atoms with E-state index in [2.05, 4.69) is 16.3 Å². The number of furan rings is 1. The van der Waals surface area contributed by atoms with Crippen molar-refractivity contribution in [3.8, 4) is 0 Å². The van der Waals surface area contributed by atoms with Crippen LogP contribution in [0.1, 0.15) is 29.7 Å². The zero-order chi connectivity index (χ0) is 19.9. The minimum atomic E-state index is -0.831. The van der Waals surface area contributed by atoms with Crippen LogP contribution in [0.4, 0.5) is 4.79 Å². The molecule has 1 saturated heterocycles. The van der Waals surface area contributed by atoms with Gasteiger partial charge in [-0.3, -0.25) is 9.69 Å². The highest BCUT2D eigenvalue weighted by molar-refractivity contribution is 5.76. The van der Waals surface area contributed by atoms with Crippen LogP contribution >= 0.6 is 0 Å². The molecule has 1 unspecified atom stereocenters.